The topological polar surface area (TPSA) is 50.4 Å². The van der Waals surface area contributed by atoms with Gasteiger partial charge in [0, 0.05) is 0 Å². The molecule has 0 saturated heterocycles. The van der Waals surface area contributed by atoms with E-state index >= 15 is 0 Å². The van der Waals surface area contributed by atoms with E-state index in [1.165, 1.54) is 6.07 Å². The average molecular weight is 172 g/mol. The Labute approximate surface area is 68.4 Å². The van der Waals surface area contributed by atoms with Crippen LogP contribution < -0.4 is 0 Å². The molecule has 11 heavy (non-hydrogen) atoms. The van der Waals surface area contributed by atoms with E-state index < -0.39 is 5.97 Å². The van der Waals surface area contributed by atoms with Gasteiger partial charge in [0.25, 0.3) is 0 Å². The van der Waals surface area contributed by atoms with Gasteiger partial charge in [0.2, 0.25) is 5.76 Å². The molecular formula is C7H8O3S. The summed E-state index contributed by atoms with van der Waals surface area (Å²) >= 11 is 1.59. The molecule has 0 atom stereocenters. The third-order valence-electron chi connectivity index (χ3n) is 1.16. The molecule has 0 amide bonds. The summed E-state index contributed by atoms with van der Waals surface area (Å²) < 4.78 is 4.97. The van der Waals surface area contributed by atoms with Gasteiger partial charge >= 0.3 is 5.97 Å². The lowest BCUT2D eigenvalue weighted by atomic mass is 10.4. The number of carboxylic acid groups (broad SMARTS) is 1. The SMILES string of the molecule is CSCc1ccc(C(=O)O)o1. The van der Waals surface area contributed by atoms with Crippen LogP contribution in [0.3, 0.4) is 0 Å². The number of hydrogen-bond donors (Lipinski definition) is 1. The number of carboxylic acids is 1. The summed E-state index contributed by atoms with van der Waals surface area (Å²) in [5, 5.41) is 8.47. The molecule has 0 fully saturated rings. The molecule has 0 aliphatic carbocycles. The molecule has 0 aliphatic rings. The van der Waals surface area contributed by atoms with Crippen LogP contribution in [-0.2, 0) is 5.75 Å². The number of aromatic carboxylic acids is 1. The minimum Gasteiger partial charge on any atom is -0.475 e. The van der Waals surface area contributed by atoms with Crippen molar-refractivity contribution in [3.05, 3.63) is 23.7 Å². The lowest BCUT2D eigenvalue weighted by Gasteiger charge is -1.89. The zero-order valence-electron chi connectivity index (χ0n) is 6.03. The van der Waals surface area contributed by atoms with E-state index in [0.717, 1.165) is 0 Å². The van der Waals surface area contributed by atoms with Crippen LogP contribution in [0.2, 0.25) is 0 Å². The predicted octanol–water partition coefficient (Wildman–Crippen LogP) is 1.84. The third kappa shape index (κ3) is 2.01. The fourth-order valence-electron chi connectivity index (χ4n) is 0.713. The van der Waals surface area contributed by atoms with Gasteiger partial charge in [-0.15, -0.1) is 0 Å². The summed E-state index contributed by atoms with van der Waals surface area (Å²) in [6, 6.07) is 3.15. The van der Waals surface area contributed by atoms with Crippen molar-refractivity contribution in [2.75, 3.05) is 6.26 Å². The molecule has 0 radical (unpaired) electrons. The molecule has 60 valence electrons. The van der Waals surface area contributed by atoms with Crippen molar-refractivity contribution in [1.29, 1.82) is 0 Å². The first kappa shape index (κ1) is 8.20. The van der Waals surface area contributed by atoms with Crippen LogP contribution in [0, 0.1) is 0 Å². The van der Waals surface area contributed by atoms with Gasteiger partial charge in [-0.2, -0.15) is 11.8 Å². The largest absolute Gasteiger partial charge is 0.475 e. The van der Waals surface area contributed by atoms with Crippen LogP contribution >= 0.6 is 11.8 Å². The van der Waals surface area contributed by atoms with Gasteiger partial charge in [-0.3, -0.25) is 0 Å². The van der Waals surface area contributed by atoms with Gasteiger partial charge in [0.1, 0.15) is 5.76 Å². The molecule has 3 nitrogen and oxygen atoms in total. The quantitative estimate of drug-likeness (QED) is 0.755. The van der Waals surface area contributed by atoms with Gasteiger partial charge in [-0.05, 0) is 18.4 Å². The number of thioether (sulfide) groups is 1. The van der Waals surface area contributed by atoms with Crippen LogP contribution in [0.1, 0.15) is 16.3 Å². The summed E-state index contributed by atoms with van der Waals surface area (Å²) in [5.41, 5.74) is 0. The Balaban J connectivity index is 2.73. The second-order valence-electron chi connectivity index (χ2n) is 2.00. The second-order valence-corrected chi connectivity index (χ2v) is 2.87. The molecule has 4 heteroatoms. The molecule has 0 aliphatic heterocycles. The lowest BCUT2D eigenvalue weighted by Crippen LogP contribution is -1.91. The summed E-state index contributed by atoms with van der Waals surface area (Å²) in [7, 11) is 0. The maximum atomic E-state index is 10.3. The van der Waals surface area contributed by atoms with E-state index in [0.29, 0.717) is 11.5 Å². The smallest absolute Gasteiger partial charge is 0.371 e. The van der Waals surface area contributed by atoms with E-state index in [4.69, 9.17) is 9.52 Å². The van der Waals surface area contributed by atoms with Gasteiger partial charge in [0.05, 0.1) is 5.75 Å². The van der Waals surface area contributed by atoms with Crippen LogP contribution in [0.5, 0.6) is 0 Å². The van der Waals surface area contributed by atoms with Gasteiger partial charge in [-0.25, -0.2) is 4.79 Å². The monoisotopic (exact) mass is 172 g/mol. The van der Waals surface area contributed by atoms with E-state index in [1.807, 2.05) is 6.26 Å². The van der Waals surface area contributed by atoms with Gasteiger partial charge < -0.3 is 9.52 Å². The summed E-state index contributed by atoms with van der Waals surface area (Å²) in [5.74, 6) is 0.411. The average Bonchev–Trinajstić information content (AvgIpc) is 2.37. The summed E-state index contributed by atoms with van der Waals surface area (Å²) in [4.78, 5) is 10.3. The number of rotatable bonds is 3. The highest BCUT2D eigenvalue weighted by molar-refractivity contribution is 7.97. The zero-order valence-corrected chi connectivity index (χ0v) is 6.85. The lowest BCUT2D eigenvalue weighted by molar-refractivity contribution is 0.0661. The van der Waals surface area contributed by atoms with E-state index in [9.17, 15) is 4.79 Å². The van der Waals surface area contributed by atoms with Crippen LogP contribution in [-0.4, -0.2) is 17.3 Å². The molecule has 1 rings (SSSR count). The highest BCUT2D eigenvalue weighted by atomic mass is 32.2. The van der Waals surface area contributed by atoms with Crippen LogP contribution in [0.25, 0.3) is 0 Å². The van der Waals surface area contributed by atoms with Crippen molar-refractivity contribution >= 4 is 17.7 Å². The molecule has 1 N–H and O–H groups in total. The molecule has 0 saturated carbocycles. The first-order chi connectivity index (χ1) is 5.24. The molecular weight excluding hydrogens is 164 g/mol. The van der Waals surface area contributed by atoms with Crippen molar-refractivity contribution in [3.8, 4) is 0 Å². The minimum absolute atomic E-state index is 0.00838. The van der Waals surface area contributed by atoms with E-state index in [2.05, 4.69) is 0 Å². The number of hydrogen-bond acceptors (Lipinski definition) is 3. The molecule has 0 aromatic carbocycles. The molecule has 0 bridgehead atoms. The van der Waals surface area contributed by atoms with Crippen molar-refractivity contribution < 1.29 is 14.3 Å². The zero-order chi connectivity index (χ0) is 8.27. The number of furan rings is 1. The van der Waals surface area contributed by atoms with Gasteiger partial charge in [0.15, 0.2) is 0 Å². The Bertz CT molecular complexity index is 254. The standard InChI is InChI=1S/C7H8O3S/c1-11-4-5-2-3-6(10-5)7(8)9/h2-3H,4H2,1H3,(H,8,9). The first-order valence-corrected chi connectivity index (χ1v) is 4.44. The second kappa shape index (κ2) is 3.48. The Morgan fingerprint density at radius 3 is 2.91 bits per heavy atom. The number of carbonyl (C=O) groups is 1. The molecule has 1 aromatic rings. The normalized spacial score (nSPS) is 9.91. The molecule has 1 heterocycles. The van der Waals surface area contributed by atoms with E-state index in [1.54, 1.807) is 17.8 Å². The fourth-order valence-corrected chi connectivity index (χ4v) is 1.15. The Morgan fingerprint density at radius 2 is 2.45 bits per heavy atom. The van der Waals surface area contributed by atoms with E-state index in [-0.39, 0.29) is 5.76 Å². The Kier molecular flexibility index (Phi) is 2.59. The maximum absolute atomic E-state index is 10.3. The van der Waals surface area contributed by atoms with Crippen LogP contribution in [0.15, 0.2) is 16.5 Å². The van der Waals surface area contributed by atoms with Crippen molar-refractivity contribution in [3.63, 3.8) is 0 Å². The van der Waals surface area contributed by atoms with Crippen LogP contribution in [0.4, 0.5) is 0 Å². The predicted molar refractivity (Wildman–Crippen MR) is 42.9 cm³/mol. The molecule has 1 aromatic heterocycles. The minimum atomic E-state index is -1.02. The Morgan fingerprint density at radius 1 is 1.73 bits per heavy atom. The molecule has 0 spiro atoms. The fraction of sp³-hybridized carbons (Fsp3) is 0.286. The van der Waals surface area contributed by atoms with Gasteiger partial charge in [-0.1, -0.05) is 0 Å². The summed E-state index contributed by atoms with van der Waals surface area (Å²) in [6.07, 6.45) is 1.93. The highest BCUT2D eigenvalue weighted by Gasteiger charge is 2.07. The first-order valence-electron chi connectivity index (χ1n) is 3.05. The summed E-state index contributed by atoms with van der Waals surface area (Å²) in [6.45, 7) is 0. The maximum Gasteiger partial charge on any atom is 0.371 e. The Hall–Kier alpha value is -0.900. The third-order valence-corrected chi connectivity index (χ3v) is 1.73. The molecule has 0 unspecified atom stereocenters. The van der Waals surface area contributed by atoms with Crippen molar-refractivity contribution in [2.24, 2.45) is 0 Å². The van der Waals surface area contributed by atoms with Crippen molar-refractivity contribution in [2.45, 2.75) is 5.75 Å². The highest BCUT2D eigenvalue weighted by Crippen LogP contribution is 2.12. The van der Waals surface area contributed by atoms with Crippen molar-refractivity contribution in [1.82, 2.24) is 0 Å².